The van der Waals surface area contributed by atoms with Crippen molar-refractivity contribution in [1.29, 1.82) is 0 Å². The predicted octanol–water partition coefficient (Wildman–Crippen LogP) is 2.42. The van der Waals surface area contributed by atoms with E-state index in [1.807, 2.05) is 0 Å². The lowest BCUT2D eigenvalue weighted by atomic mass is 9.81. The van der Waals surface area contributed by atoms with Crippen LogP contribution in [0.25, 0.3) is 0 Å². The van der Waals surface area contributed by atoms with Gasteiger partial charge in [0.05, 0.1) is 0 Å². The Morgan fingerprint density at radius 3 is 1.91 bits per heavy atom. The summed E-state index contributed by atoms with van der Waals surface area (Å²) >= 11 is 0. The van der Waals surface area contributed by atoms with Gasteiger partial charge in [-0.15, -0.1) is 0 Å². The Balaban J connectivity index is 2.43. The minimum Gasteiger partial charge on any atom is -0.312 e. The Labute approximate surface area is 70.6 Å². The van der Waals surface area contributed by atoms with Gasteiger partial charge in [0.25, 0.3) is 0 Å². The van der Waals surface area contributed by atoms with Gasteiger partial charge in [-0.1, -0.05) is 13.8 Å². The van der Waals surface area contributed by atoms with E-state index in [2.05, 4.69) is 33.0 Å². The standard InChI is InChI=1S/C10H21N/c1-7(2)10-5-8(3)11-9(4)6-10/h7-11H,5-6H2,1-4H3/t8-,9+,10-. The summed E-state index contributed by atoms with van der Waals surface area (Å²) in [5, 5.41) is 3.56. The number of rotatable bonds is 1. The van der Waals surface area contributed by atoms with Gasteiger partial charge in [0.2, 0.25) is 0 Å². The summed E-state index contributed by atoms with van der Waals surface area (Å²) in [5.74, 6) is 1.81. The van der Waals surface area contributed by atoms with Gasteiger partial charge in [0.15, 0.2) is 0 Å². The molecule has 1 rings (SSSR count). The van der Waals surface area contributed by atoms with Crippen LogP contribution < -0.4 is 5.32 Å². The lowest BCUT2D eigenvalue weighted by Crippen LogP contribution is -2.43. The Morgan fingerprint density at radius 1 is 1.09 bits per heavy atom. The summed E-state index contributed by atoms with van der Waals surface area (Å²) in [4.78, 5) is 0. The van der Waals surface area contributed by atoms with Gasteiger partial charge >= 0.3 is 0 Å². The molecule has 1 aliphatic heterocycles. The van der Waals surface area contributed by atoms with Crippen LogP contribution in [0.15, 0.2) is 0 Å². The van der Waals surface area contributed by atoms with Crippen molar-refractivity contribution in [2.24, 2.45) is 11.8 Å². The Kier molecular flexibility index (Phi) is 2.94. The highest BCUT2D eigenvalue weighted by Crippen LogP contribution is 2.26. The minimum atomic E-state index is 0.728. The smallest absolute Gasteiger partial charge is 0.00439 e. The summed E-state index contributed by atoms with van der Waals surface area (Å²) < 4.78 is 0. The van der Waals surface area contributed by atoms with E-state index in [9.17, 15) is 0 Å². The maximum Gasteiger partial charge on any atom is 0.00439 e. The van der Waals surface area contributed by atoms with Gasteiger partial charge in [0, 0.05) is 12.1 Å². The van der Waals surface area contributed by atoms with E-state index in [0.717, 1.165) is 23.9 Å². The lowest BCUT2D eigenvalue weighted by Gasteiger charge is -2.35. The van der Waals surface area contributed by atoms with Crippen molar-refractivity contribution >= 4 is 0 Å². The first-order chi connectivity index (χ1) is 5.09. The van der Waals surface area contributed by atoms with Gasteiger partial charge in [-0.05, 0) is 38.5 Å². The number of hydrogen-bond acceptors (Lipinski definition) is 1. The third kappa shape index (κ3) is 2.48. The van der Waals surface area contributed by atoms with Crippen LogP contribution in [0.3, 0.4) is 0 Å². The van der Waals surface area contributed by atoms with E-state index in [-0.39, 0.29) is 0 Å². The molecule has 0 radical (unpaired) electrons. The molecule has 1 heterocycles. The van der Waals surface area contributed by atoms with Crippen LogP contribution in [0.5, 0.6) is 0 Å². The van der Waals surface area contributed by atoms with E-state index < -0.39 is 0 Å². The molecule has 0 amide bonds. The maximum atomic E-state index is 3.56. The second kappa shape index (κ2) is 3.57. The molecule has 1 saturated heterocycles. The molecule has 66 valence electrons. The average molecular weight is 155 g/mol. The highest BCUT2D eigenvalue weighted by molar-refractivity contribution is 4.81. The molecular weight excluding hydrogens is 134 g/mol. The van der Waals surface area contributed by atoms with Crippen LogP contribution in [0.2, 0.25) is 0 Å². The molecule has 1 N–H and O–H groups in total. The molecule has 0 spiro atoms. The quantitative estimate of drug-likeness (QED) is 0.613. The SMILES string of the molecule is CC(C)[C@@H]1C[C@@H](C)N[C@@H](C)C1. The number of nitrogens with one attached hydrogen (secondary N) is 1. The molecule has 1 fully saturated rings. The zero-order valence-corrected chi connectivity index (χ0v) is 8.22. The van der Waals surface area contributed by atoms with E-state index in [4.69, 9.17) is 0 Å². The van der Waals surface area contributed by atoms with Gasteiger partial charge in [-0.3, -0.25) is 0 Å². The monoisotopic (exact) mass is 155 g/mol. The van der Waals surface area contributed by atoms with Crippen molar-refractivity contribution < 1.29 is 0 Å². The second-order valence-corrected chi connectivity index (χ2v) is 4.44. The topological polar surface area (TPSA) is 12.0 Å². The Bertz CT molecular complexity index is 110. The maximum absolute atomic E-state index is 3.56. The Morgan fingerprint density at radius 2 is 1.55 bits per heavy atom. The highest BCUT2D eigenvalue weighted by Gasteiger charge is 2.24. The fourth-order valence-electron chi connectivity index (χ4n) is 2.17. The van der Waals surface area contributed by atoms with Crippen LogP contribution >= 0.6 is 0 Å². The van der Waals surface area contributed by atoms with Crippen molar-refractivity contribution in [1.82, 2.24) is 5.32 Å². The van der Waals surface area contributed by atoms with Crippen LogP contribution in [0, 0.1) is 11.8 Å². The molecule has 0 aromatic heterocycles. The third-order valence-corrected chi connectivity index (χ3v) is 2.82. The van der Waals surface area contributed by atoms with E-state index in [0.29, 0.717) is 0 Å². The summed E-state index contributed by atoms with van der Waals surface area (Å²) in [7, 11) is 0. The van der Waals surface area contributed by atoms with E-state index in [1.165, 1.54) is 12.8 Å². The molecule has 0 saturated carbocycles. The molecule has 1 aliphatic rings. The predicted molar refractivity (Wildman–Crippen MR) is 49.6 cm³/mol. The van der Waals surface area contributed by atoms with Crippen molar-refractivity contribution in [2.75, 3.05) is 0 Å². The fourth-order valence-corrected chi connectivity index (χ4v) is 2.17. The van der Waals surface area contributed by atoms with Crippen LogP contribution in [0.1, 0.15) is 40.5 Å². The summed E-state index contributed by atoms with van der Waals surface area (Å²) in [6, 6.07) is 1.46. The molecule has 0 aliphatic carbocycles. The second-order valence-electron chi connectivity index (χ2n) is 4.44. The zero-order valence-electron chi connectivity index (χ0n) is 8.22. The van der Waals surface area contributed by atoms with Crippen molar-refractivity contribution in [3.8, 4) is 0 Å². The summed E-state index contributed by atoms with van der Waals surface area (Å²) in [6.07, 6.45) is 2.73. The first-order valence-electron chi connectivity index (χ1n) is 4.85. The van der Waals surface area contributed by atoms with Crippen LogP contribution in [0.4, 0.5) is 0 Å². The summed E-state index contributed by atoms with van der Waals surface area (Å²) in [6.45, 7) is 9.28. The number of piperidine rings is 1. The Hall–Kier alpha value is -0.0400. The van der Waals surface area contributed by atoms with Gasteiger partial charge < -0.3 is 5.32 Å². The zero-order chi connectivity index (χ0) is 8.43. The molecule has 11 heavy (non-hydrogen) atoms. The van der Waals surface area contributed by atoms with E-state index in [1.54, 1.807) is 0 Å². The molecule has 0 bridgehead atoms. The molecular formula is C10H21N. The summed E-state index contributed by atoms with van der Waals surface area (Å²) in [5.41, 5.74) is 0. The first kappa shape index (κ1) is 9.05. The van der Waals surface area contributed by atoms with Crippen LogP contribution in [-0.2, 0) is 0 Å². The lowest BCUT2D eigenvalue weighted by molar-refractivity contribution is 0.213. The molecule has 0 aromatic rings. The molecule has 1 nitrogen and oxygen atoms in total. The molecule has 1 heteroatoms. The van der Waals surface area contributed by atoms with Gasteiger partial charge in [-0.25, -0.2) is 0 Å². The van der Waals surface area contributed by atoms with Gasteiger partial charge in [-0.2, -0.15) is 0 Å². The van der Waals surface area contributed by atoms with Crippen molar-refractivity contribution in [2.45, 2.75) is 52.6 Å². The molecule has 3 atom stereocenters. The highest BCUT2D eigenvalue weighted by atomic mass is 15.0. The average Bonchev–Trinajstić information content (AvgIpc) is 1.85. The fraction of sp³-hybridized carbons (Fsp3) is 1.00. The van der Waals surface area contributed by atoms with Crippen molar-refractivity contribution in [3.05, 3.63) is 0 Å². The van der Waals surface area contributed by atoms with Crippen molar-refractivity contribution in [3.63, 3.8) is 0 Å². The van der Waals surface area contributed by atoms with Gasteiger partial charge in [0.1, 0.15) is 0 Å². The van der Waals surface area contributed by atoms with E-state index >= 15 is 0 Å². The first-order valence-corrected chi connectivity index (χ1v) is 4.85. The number of hydrogen-bond donors (Lipinski definition) is 1. The van der Waals surface area contributed by atoms with Crippen LogP contribution in [-0.4, -0.2) is 12.1 Å². The third-order valence-electron chi connectivity index (χ3n) is 2.82. The minimum absolute atomic E-state index is 0.728. The molecule has 0 aromatic carbocycles. The molecule has 0 unspecified atom stereocenters. The largest absolute Gasteiger partial charge is 0.312 e. The normalized spacial score (nSPS) is 39.5.